The molecule has 2 aromatic carbocycles. The first kappa shape index (κ1) is 21.5. The molecule has 148 valence electrons. The van der Waals surface area contributed by atoms with Gasteiger partial charge in [-0.25, -0.2) is 0 Å². The molecular weight excluding hydrogens is 396 g/mol. The van der Waals surface area contributed by atoms with E-state index in [9.17, 15) is 31.4 Å². The van der Waals surface area contributed by atoms with Crippen LogP contribution in [0.1, 0.15) is 16.7 Å². The number of hydrogen-bond donors (Lipinski definition) is 1. The Morgan fingerprint density at radius 2 is 1.48 bits per heavy atom. The summed E-state index contributed by atoms with van der Waals surface area (Å²) in [5.41, 5.74) is -0.0864. The maximum atomic E-state index is 12.8. The van der Waals surface area contributed by atoms with Crippen LogP contribution in [0.5, 0.6) is 0 Å². The minimum Gasteiger partial charge on any atom is -0.382 e. The molecule has 2 nitrogen and oxygen atoms in total. The molecule has 0 aliphatic rings. The number of aliphatic hydroxyl groups excluding tert-OH is 1. The van der Waals surface area contributed by atoms with Crippen molar-refractivity contribution in [3.8, 4) is 0 Å². The number of halogens is 7. The predicted octanol–water partition coefficient (Wildman–Crippen LogP) is 5.28. The zero-order chi connectivity index (χ0) is 20.2. The number of hydrogen-bond acceptors (Lipinski definition) is 2. The minimum absolute atomic E-state index is 0.000550. The quantitative estimate of drug-likeness (QED) is 0.653. The van der Waals surface area contributed by atoms with Gasteiger partial charge < -0.3 is 5.11 Å². The van der Waals surface area contributed by atoms with E-state index in [4.69, 9.17) is 11.6 Å². The van der Waals surface area contributed by atoms with Crippen molar-refractivity contribution in [2.75, 3.05) is 6.54 Å². The Bertz CT molecular complexity index is 745. The molecule has 0 radical (unpaired) electrons. The van der Waals surface area contributed by atoms with Crippen molar-refractivity contribution in [3.05, 3.63) is 70.2 Å². The molecule has 0 aromatic heterocycles. The maximum Gasteiger partial charge on any atom is 0.416 e. The highest BCUT2D eigenvalue weighted by Crippen LogP contribution is 2.30. The molecule has 0 aliphatic heterocycles. The van der Waals surface area contributed by atoms with Crippen LogP contribution in [0.2, 0.25) is 5.02 Å². The molecule has 2 aromatic rings. The lowest BCUT2D eigenvalue weighted by molar-refractivity contribution is -0.208. The van der Waals surface area contributed by atoms with E-state index in [1.165, 1.54) is 17.0 Å². The van der Waals surface area contributed by atoms with Crippen LogP contribution in [0.4, 0.5) is 26.3 Å². The predicted molar refractivity (Wildman–Crippen MR) is 89.1 cm³/mol. The van der Waals surface area contributed by atoms with Crippen LogP contribution in [-0.2, 0) is 19.3 Å². The van der Waals surface area contributed by atoms with Crippen LogP contribution >= 0.6 is 11.6 Å². The monoisotopic (exact) mass is 411 g/mol. The van der Waals surface area contributed by atoms with E-state index < -0.39 is 30.6 Å². The van der Waals surface area contributed by atoms with Gasteiger partial charge in [0, 0.05) is 24.7 Å². The van der Waals surface area contributed by atoms with E-state index in [-0.39, 0.29) is 18.7 Å². The van der Waals surface area contributed by atoms with Gasteiger partial charge in [0.05, 0.1) is 5.56 Å². The average molecular weight is 412 g/mol. The zero-order valence-electron chi connectivity index (χ0n) is 13.9. The van der Waals surface area contributed by atoms with Crippen molar-refractivity contribution in [3.63, 3.8) is 0 Å². The Balaban J connectivity index is 2.22. The molecule has 1 N–H and O–H groups in total. The van der Waals surface area contributed by atoms with Crippen LogP contribution in [0.25, 0.3) is 0 Å². The van der Waals surface area contributed by atoms with Crippen LogP contribution in [0.15, 0.2) is 48.5 Å². The molecule has 0 amide bonds. The van der Waals surface area contributed by atoms with Crippen LogP contribution in [-0.4, -0.2) is 28.8 Å². The Kier molecular flexibility index (Phi) is 6.77. The smallest absolute Gasteiger partial charge is 0.382 e. The number of aliphatic hydroxyl groups is 1. The fraction of sp³-hybridized carbons (Fsp3) is 0.333. The van der Waals surface area contributed by atoms with Gasteiger partial charge in [-0.3, -0.25) is 4.90 Å². The first-order valence-corrected chi connectivity index (χ1v) is 8.20. The summed E-state index contributed by atoms with van der Waals surface area (Å²) in [5.74, 6) is 0. The summed E-state index contributed by atoms with van der Waals surface area (Å²) in [6.07, 6.45) is -12.0. The topological polar surface area (TPSA) is 23.5 Å². The fourth-order valence-electron chi connectivity index (χ4n) is 2.49. The van der Waals surface area contributed by atoms with Crippen molar-refractivity contribution < 1.29 is 31.4 Å². The normalized spacial score (nSPS) is 13.8. The zero-order valence-corrected chi connectivity index (χ0v) is 14.6. The van der Waals surface area contributed by atoms with Gasteiger partial charge in [0.25, 0.3) is 0 Å². The molecule has 0 aliphatic carbocycles. The number of nitrogens with zero attached hydrogens (tertiary/aromatic N) is 1. The molecule has 0 fully saturated rings. The summed E-state index contributed by atoms with van der Waals surface area (Å²) in [4.78, 5) is 1.23. The highest BCUT2D eigenvalue weighted by Gasteiger charge is 2.39. The molecule has 0 saturated heterocycles. The van der Waals surface area contributed by atoms with Crippen LogP contribution in [0, 0.1) is 0 Å². The molecule has 9 heteroatoms. The number of rotatable bonds is 6. The highest BCUT2D eigenvalue weighted by molar-refractivity contribution is 6.30. The molecule has 0 heterocycles. The lowest BCUT2D eigenvalue weighted by atomic mass is 10.1. The Morgan fingerprint density at radius 1 is 0.889 bits per heavy atom. The van der Waals surface area contributed by atoms with Crippen molar-refractivity contribution in [1.29, 1.82) is 0 Å². The number of benzene rings is 2. The first-order chi connectivity index (χ1) is 12.4. The van der Waals surface area contributed by atoms with Gasteiger partial charge in [-0.2, -0.15) is 26.3 Å². The van der Waals surface area contributed by atoms with Gasteiger partial charge in [0.15, 0.2) is 6.10 Å². The van der Waals surface area contributed by atoms with Crippen molar-refractivity contribution in [1.82, 2.24) is 4.90 Å². The maximum absolute atomic E-state index is 12.8. The number of alkyl halides is 6. The van der Waals surface area contributed by atoms with Crippen LogP contribution in [0.3, 0.4) is 0 Å². The highest BCUT2D eigenvalue weighted by atomic mass is 35.5. The van der Waals surface area contributed by atoms with Crippen molar-refractivity contribution in [2.24, 2.45) is 0 Å². The average Bonchev–Trinajstić information content (AvgIpc) is 2.55. The second kappa shape index (κ2) is 8.50. The van der Waals surface area contributed by atoms with E-state index in [2.05, 4.69) is 0 Å². The lowest BCUT2D eigenvalue weighted by Crippen LogP contribution is -2.40. The van der Waals surface area contributed by atoms with Gasteiger partial charge in [0.2, 0.25) is 0 Å². The lowest BCUT2D eigenvalue weighted by Gasteiger charge is -2.26. The van der Waals surface area contributed by atoms with Gasteiger partial charge >= 0.3 is 12.4 Å². The largest absolute Gasteiger partial charge is 0.416 e. The standard InChI is InChI=1S/C18H16ClF6NO/c19-15-6-4-12(5-7-15)9-26(11-16(27)18(23,24)25)10-13-2-1-3-14(8-13)17(20,21)22/h1-8,16,27H,9-11H2. The third-order valence-corrected chi connectivity index (χ3v) is 4.04. The summed E-state index contributed by atoms with van der Waals surface area (Å²) in [6.45, 7) is -0.970. The second-order valence-electron chi connectivity index (χ2n) is 6.05. The third kappa shape index (κ3) is 6.71. The van der Waals surface area contributed by atoms with E-state index in [0.717, 1.165) is 12.1 Å². The third-order valence-electron chi connectivity index (χ3n) is 3.79. The van der Waals surface area contributed by atoms with Gasteiger partial charge in [-0.15, -0.1) is 0 Å². The SMILES string of the molecule is OC(CN(Cc1ccc(Cl)cc1)Cc1cccc(C(F)(F)F)c1)C(F)(F)F. The molecule has 0 spiro atoms. The fourth-order valence-corrected chi connectivity index (χ4v) is 2.61. The summed E-state index contributed by atoms with van der Waals surface area (Å²) < 4.78 is 76.7. The van der Waals surface area contributed by atoms with Gasteiger partial charge in [-0.1, -0.05) is 41.9 Å². The van der Waals surface area contributed by atoms with E-state index in [0.29, 0.717) is 10.6 Å². The molecule has 1 unspecified atom stereocenters. The Labute approximate surface area is 157 Å². The summed E-state index contributed by atoms with van der Waals surface area (Å²) in [6, 6.07) is 10.7. The molecule has 1 atom stereocenters. The van der Waals surface area contributed by atoms with E-state index >= 15 is 0 Å². The molecule has 0 saturated carbocycles. The van der Waals surface area contributed by atoms with Crippen LogP contribution < -0.4 is 0 Å². The molecule has 27 heavy (non-hydrogen) atoms. The summed E-state index contributed by atoms with van der Waals surface area (Å²) in [5, 5.41) is 9.82. The first-order valence-electron chi connectivity index (χ1n) is 7.83. The van der Waals surface area contributed by atoms with Gasteiger partial charge in [0.1, 0.15) is 0 Å². The van der Waals surface area contributed by atoms with E-state index in [1.54, 1.807) is 24.3 Å². The minimum atomic E-state index is -4.83. The Hall–Kier alpha value is -1.77. The summed E-state index contributed by atoms with van der Waals surface area (Å²) in [7, 11) is 0. The van der Waals surface area contributed by atoms with Crippen molar-refractivity contribution >= 4 is 11.6 Å². The second-order valence-corrected chi connectivity index (χ2v) is 6.49. The molecular formula is C18H16ClF6NO. The summed E-state index contributed by atoms with van der Waals surface area (Å²) >= 11 is 5.77. The molecule has 2 rings (SSSR count). The van der Waals surface area contributed by atoms with Crippen molar-refractivity contribution in [2.45, 2.75) is 31.5 Å². The Morgan fingerprint density at radius 3 is 2.04 bits per heavy atom. The van der Waals surface area contributed by atoms with Gasteiger partial charge in [-0.05, 0) is 29.3 Å². The van der Waals surface area contributed by atoms with E-state index in [1.807, 2.05) is 0 Å². The molecule has 0 bridgehead atoms.